The molecular weight excluding hydrogens is 260 g/mol. The smallest absolute Gasteiger partial charge is 0.201 e. The third kappa shape index (κ3) is 1.62. The molecule has 2 heterocycles. The molecule has 0 aliphatic heterocycles. The van der Waals surface area contributed by atoms with Gasteiger partial charge < -0.3 is 10.3 Å². The van der Waals surface area contributed by atoms with E-state index >= 15 is 0 Å². The first-order valence-corrected chi connectivity index (χ1v) is 7.76. The predicted octanol–water partition coefficient (Wildman–Crippen LogP) is 3.36. The molecule has 3 aromatic rings. The maximum Gasteiger partial charge on any atom is 0.201 e. The fourth-order valence-electron chi connectivity index (χ4n) is 3.81. The molecule has 0 saturated heterocycles. The van der Waals surface area contributed by atoms with Gasteiger partial charge in [0.2, 0.25) is 5.95 Å². The van der Waals surface area contributed by atoms with Crippen LogP contribution in [0.4, 0.5) is 5.95 Å². The van der Waals surface area contributed by atoms with Crippen molar-refractivity contribution in [2.75, 3.05) is 5.73 Å². The molecule has 0 amide bonds. The van der Waals surface area contributed by atoms with Gasteiger partial charge in [-0.15, -0.1) is 0 Å². The summed E-state index contributed by atoms with van der Waals surface area (Å²) >= 11 is 0. The van der Waals surface area contributed by atoms with Crippen molar-refractivity contribution in [3.05, 3.63) is 30.5 Å². The molecule has 2 aromatic heterocycles. The number of hydrogen-bond donors (Lipinski definition) is 1. The summed E-state index contributed by atoms with van der Waals surface area (Å²) in [6.45, 7) is 1.02. The van der Waals surface area contributed by atoms with Gasteiger partial charge in [-0.1, -0.05) is 18.2 Å². The maximum absolute atomic E-state index is 6.22. The van der Waals surface area contributed by atoms with E-state index < -0.39 is 0 Å². The van der Waals surface area contributed by atoms with Gasteiger partial charge >= 0.3 is 0 Å². The molecular formula is C17H18N4. The lowest BCUT2D eigenvalue weighted by molar-refractivity contribution is 0.378. The second-order valence-electron chi connectivity index (χ2n) is 6.70. The normalized spacial score (nSPS) is 20.2. The molecule has 5 rings (SSSR count). The molecule has 2 N–H and O–H groups in total. The van der Waals surface area contributed by atoms with Gasteiger partial charge in [0.1, 0.15) is 5.52 Å². The van der Waals surface area contributed by atoms with E-state index in [-0.39, 0.29) is 0 Å². The van der Waals surface area contributed by atoms with Crippen molar-refractivity contribution >= 4 is 27.9 Å². The number of nitrogens with two attached hydrogens (primary N) is 1. The van der Waals surface area contributed by atoms with E-state index in [0.29, 0.717) is 11.4 Å². The fourth-order valence-corrected chi connectivity index (χ4v) is 3.81. The lowest BCUT2D eigenvalue weighted by Crippen LogP contribution is -2.15. The molecule has 21 heavy (non-hydrogen) atoms. The number of pyridine rings is 1. The number of hydrogen-bond acceptors (Lipinski definition) is 3. The van der Waals surface area contributed by atoms with Crippen LogP contribution in [0.15, 0.2) is 30.5 Å². The topological polar surface area (TPSA) is 56.7 Å². The van der Waals surface area contributed by atoms with Gasteiger partial charge in [0, 0.05) is 11.9 Å². The summed E-state index contributed by atoms with van der Waals surface area (Å²) in [5.74, 6) is 1.55. The van der Waals surface area contributed by atoms with Gasteiger partial charge in [-0.2, -0.15) is 0 Å². The zero-order valence-corrected chi connectivity index (χ0v) is 11.9. The minimum Gasteiger partial charge on any atom is -0.369 e. The molecule has 0 unspecified atom stereocenters. The van der Waals surface area contributed by atoms with Gasteiger partial charge in [0.25, 0.3) is 0 Å². The highest BCUT2D eigenvalue weighted by atomic mass is 15.2. The molecule has 0 atom stereocenters. The molecule has 2 saturated carbocycles. The van der Waals surface area contributed by atoms with E-state index in [2.05, 4.69) is 32.7 Å². The van der Waals surface area contributed by atoms with Crippen molar-refractivity contribution in [3.8, 4) is 0 Å². The van der Waals surface area contributed by atoms with Crippen LogP contribution in [0.25, 0.3) is 21.9 Å². The summed E-state index contributed by atoms with van der Waals surface area (Å²) in [5, 5.41) is 1.16. The first kappa shape index (κ1) is 11.5. The summed E-state index contributed by atoms with van der Waals surface area (Å²) in [4.78, 5) is 9.03. The van der Waals surface area contributed by atoms with Crippen LogP contribution in [-0.4, -0.2) is 14.5 Å². The summed E-state index contributed by atoms with van der Waals surface area (Å²) in [5.41, 5.74) is 9.82. The van der Waals surface area contributed by atoms with Crippen LogP contribution < -0.4 is 5.73 Å². The van der Waals surface area contributed by atoms with Crippen LogP contribution in [0.5, 0.6) is 0 Å². The highest BCUT2D eigenvalue weighted by molar-refractivity contribution is 6.02. The van der Waals surface area contributed by atoms with Crippen molar-refractivity contribution < 1.29 is 0 Å². The molecule has 4 nitrogen and oxygen atoms in total. The molecule has 1 aromatic carbocycles. The first-order chi connectivity index (χ1) is 10.3. The number of rotatable bonds is 3. The number of nitrogen functional groups attached to an aromatic ring is 1. The van der Waals surface area contributed by atoms with Gasteiger partial charge in [-0.05, 0) is 43.1 Å². The van der Waals surface area contributed by atoms with E-state index in [1.165, 1.54) is 25.7 Å². The van der Waals surface area contributed by atoms with Crippen LogP contribution in [0.3, 0.4) is 0 Å². The van der Waals surface area contributed by atoms with E-state index in [9.17, 15) is 0 Å². The number of anilines is 1. The Morgan fingerprint density at radius 1 is 1.19 bits per heavy atom. The average Bonchev–Trinajstić information content (AvgIpc) is 3.38. The van der Waals surface area contributed by atoms with Gasteiger partial charge in [0.05, 0.1) is 17.2 Å². The first-order valence-electron chi connectivity index (χ1n) is 7.76. The van der Waals surface area contributed by atoms with Crippen molar-refractivity contribution in [3.63, 3.8) is 0 Å². The number of para-hydroxylation sites is 1. The van der Waals surface area contributed by atoms with Gasteiger partial charge in [-0.25, -0.2) is 4.98 Å². The lowest BCUT2D eigenvalue weighted by atomic mass is 10.0. The molecule has 4 heteroatoms. The van der Waals surface area contributed by atoms with Crippen LogP contribution in [-0.2, 0) is 6.54 Å². The minimum atomic E-state index is 0.506. The molecule has 106 valence electrons. The van der Waals surface area contributed by atoms with Crippen LogP contribution in [0.2, 0.25) is 0 Å². The monoisotopic (exact) mass is 278 g/mol. The maximum atomic E-state index is 6.22. The van der Waals surface area contributed by atoms with Crippen molar-refractivity contribution in [1.82, 2.24) is 14.5 Å². The Morgan fingerprint density at radius 2 is 2.00 bits per heavy atom. The Labute approximate surface area is 123 Å². The third-order valence-electron chi connectivity index (χ3n) is 5.32. The number of nitrogens with zero attached hydrogens (tertiary/aromatic N) is 3. The number of aromatic nitrogens is 3. The summed E-state index contributed by atoms with van der Waals surface area (Å²) in [6, 6.07) is 8.26. The average molecular weight is 278 g/mol. The molecule has 0 bridgehead atoms. The summed E-state index contributed by atoms with van der Waals surface area (Å²) in [6.07, 6.45) is 7.34. The molecule has 0 radical (unpaired) electrons. The highest BCUT2D eigenvalue weighted by Gasteiger charge is 2.54. The second kappa shape index (κ2) is 3.75. The van der Waals surface area contributed by atoms with E-state index in [1.807, 2.05) is 12.3 Å². The zero-order valence-electron chi connectivity index (χ0n) is 11.9. The highest BCUT2D eigenvalue weighted by Crippen LogP contribution is 2.62. The largest absolute Gasteiger partial charge is 0.369 e. The molecule has 0 spiro atoms. The second-order valence-corrected chi connectivity index (χ2v) is 6.70. The molecule has 2 aliphatic carbocycles. The fraction of sp³-hybridized carbons (Fsp3) is 0.412. The number of benzene rings is 1. The Bertz CT molecular complexity index is 856. The van der Waals surface area contributed by atoms with E-state index in [1.54, 1.807) is 0 Å². The molecule has 2 aliphatic rings. The Balaban J connectivity index is 1.74. The SMILES string of the molecule is Nc1nc2cnc3ccccc3c2n1CC1(C2CC2)CC1. The van der Waals surface area contributed by atoms with Crippen molar-refractivity contribution in [1.29, 1.82) is 0 Å². The van der Waals surface area contributed by atoms with E-state index in [0.717, 1.165) is 34.4 Å². The van der Waals surface area contributed by atoms with Crippen molar-refractivity contribution in [2.24, 2.45) is 11.3 Å². The van der Waals surface area contributed by atoms with Gasteiger partial charge in [0.15, 0.2) is 0 Å². The summed E-state index contributed by atoms with van der Waals surface area (Å²) < 4.78 is 2.24. The van der Waals surface area contributed by atoms with Crippen LogP contribution >= 0.6 is 0 Å². The lowest BCUT2D eigenvalue weighted by Gasteiger charge is -2.17. The zero-order chi connectivity index (χ0) is 14.0. The third-order valence-corrected chi connectivity index (χ3v) is 5.32. The minimum absolute atomic E-state index is 0.506. The number of imidazole rings is 1. The summed E-state index contributed by atoms with van der Waals surface area (Å²) in [7, 11) is 0. The van der Waals surface area contributed by atoms with Crippen LogP contribution in [0, 0.1) is 11.3 Å². The standard InChI is InChI=1S/C17H18N4/c18-16-20-14-9-19-13-4-2-1-3-12(13)15(14)21(16)10-17(7-8-17)11-5-6-11/h1-4,9,11H,5-8,10H2,(H2,18,20). The van der Waals surface area contributed by atoms with Crippen molar-refractivity contribution in [2.45, 2.75) is 32.2 Å². The predicted molar refractivity (Wildman–Crippen MR) is 83.8 cm³/mol. The quantitative estimate of drug-likeness (QED) is 0.799. The van der Waals surface area contributed by atoms with Crippen LogP contribution in [0.1, 0.15) is 25.7 Å². The Hall–Kier alpha value is -2.10. The number of fused-ring (bicyclic) bond motifs is 3. The Morgan fingerprint density at radius 3 is 2.76 bits per heavy atom. The Kier molecular flexibility index (Phi) is 2.06. The van der Waals surface area contributed by atoms with E-state index in [4.69, 9.17) is 5.73 Å². The molecule has 2 fully saturated rings. The van der Waals surface area contributed by atoms with Gasteiger partial charge in [-0.3, -0.25) is 4.98 Å².